The Kier molecular flexibility index (Phi) is 6.15. The molecular formula is C13H20F3N3O3. The van der Waals surface area contributed by atoms with Gasteiger partial charge in [0.05, 0.1) is 5.56 Å². The summed E-state index contributed by atoms with van der Waals surface area (Å²) in [7, 11) is 4.50. The third-order valence-corrected chi connectivity index (χ3v) is 2.95. The van der Waals surface area contributed by atoms with Crippen LogP contribution in [0.5, 0.6) is 5.75 Å². The predicted molar refractivity (Wildman–Crippen MR) is 73.3 cm³/mol. The Morgan fingerprint density at radius 1 is 1.27 bits per heavy atom. The molecule has 1 aromatic carbocycles. The minimum atomic E-state index is -4.50. The van der Waals surface area contributed by atoms with Crippen molar-refractivity contribution in [2.24, 2.45) is 0 Å². The highest BCUT2D eigenvalue weighted by molar-refractivity contribution is 5.38. The van der Waals surface area contributed by atoms with Crippen molar-refractivity contribution >= 4 is 0 Å². The maximum atomic E-state index is 12.9. The summed E-state index contributed by atoms with van der Waals surface area (Å²) in [6.45, 7) is 1.22. The van der Waals surface area contributed by atoms with Gasteiger partial charge < -0.3 is 15.4 Å². The number of halogens is 3. The number of hydrogen-bond acceptors (Lipinski definition) is 3. The molecule has 0 fully saturated rings. The molecule has 0 spiro atoms. The molecule has 0 aromatic heterocycles. The fraction of sp³-hybridized carbons (Fsp3) is 0.538. The summed E-state index contributed by atoms with van der Waals surface area (Å²) in [5.41, 5.74) is 3.42. The van der Waals surface area contributed by atoms with Crippen LogP contribution in [-0.2, 0) is 11.0 Å². The third-order valence-electron chi connectivity index (χ3n) is 2.95. The van der Waals surface area contributed by atoms with E-state index in [0.717, 1.165) is 6.07 Å². The number of nitrogens with zero attached hydrogens (tertiary/aromatic N) is 2. The predicted octanol–water partition coefficient (Wildman–Crippen LogP) is 1.62. The highest BCUT2D eigenvalue weighted by atomic mass is 19.4. The Labute approximate surface area is 127 Å². The van der Waals surface area contributed by atoms with E-state index < -0.39 is 17.1 Å². The highest BCUT2D eigenvalue weighted by Crippen LogP contribution is 2.36. The molecule has 1 N–H and O–H groups in total. The molecule has 126 valence electrons. The van der Waals surface area contributed by atoms with Gasteiger partial charge in [-0.25, -0.2) is 4.70 Å². The second kappa shape index (κ2) is 7.25. The van der Waals surface area contributed by atoms with Crippen molar-refractivity contribution in [3.8, 4) is 5.75 Å². The third kappa shape index (κ3) is 5.11. The van der Waals surface area contributed by atoms with E-state index in [1.54, 1.807) is 6.92 Å². The molecule has 0 heterocycles. The average molecular weight is 323 g/mol. The summed E-state index contributed by atoms with van der Waals surface area (Å²) in [6, 6.07) is 3.78. The van der Waals surface area contributed by atoms with Crippen molar-refractivity contribution in [3.63, 3.8) is 0 Å². The zero-order valence-corrected chi connectivity index (χ0v) is 12.9. The van der Waals surface area contributed by atoms with Crippen LogP contribution in [0.1, 0.15) is 11.1 Å². The number of rotatable bonds is 7. The van der Waals surface area contributed by atoms with Crippen LogP contribution in [0.25, 0.3) is 5.43 Å². The molecule has 22 heavy (non-hydrogen) atoms. The fourth-order valence-corrected chi connectivity index (χ4v) is 1.51. The Hall–Kier alpha value is -1.39. The van der Waals surface area contributed by atoms with Crippen molar-refractivity contribution in [2.45, 2.75) is 13.1 Å². The Balaban J connectivity index is 2.60. The van der Waals surface area contributed by atoms with Gasteiger partial charge in [-0.3, -0.25) is 0 Å². The fourth-order valence-electron chi connectivity index (χ4n) is 1.51. The van der Waals surface area contributed by atoms with Crippen LogP contribution >= 0.6 is 0 Å². The SMILES string of the molecule is C[N-][N+](C)(C)[NH+]([O-])OCCOc1ccc(C)cc1C(F)(F)F. The summed E-state index contributed by atoms with van der Waals surface area (Å²) in [6.07, 6.45) is -4.50. The van der Waals surface area contributed by atoms with E-state index in [0.29, 0.717) is 5.56 Å². The first kappa shape index (κ1) is 18.7. The van der Waals surface area contributed by atoms with Crippen LogP contribution < -0.4 is 10.1 Å². The largest absolute Gasteiger partial charge is 0.550 e. The minimum absolute atomic E-state index is 0.165. The van der Waals surface area contributed by atoms with Crippen molar-refractivity contribution in [1.29, 1.82) is 0 Å². The summed E-state index contributed by atoms with van der Waals surface area (Å²) >= 11 is 0. The van der Waals surface area contributed by atoms with Gasteiger partial charge in [0.2, 0.25) is 0 Å². The molecule has 0 saturated heterocycles. The van der Waals surface area contributed by atoms with E-state index in [2.05, 4.69) is 5.43 Å². The number of quaternary nitrogens is 2. The maximum Gasteiger partial charge on any atom is 0.419 e. The Morgan fingerprint density at radius 2 is 1.91 bits per heavy atom. The van der Waals surface area contributed by atoms with Gasteiger partial charge in [-0.2, -0.15) is 13.2 Å². The van der Waals surface area contributed by atoms with E-state index in [4.69, 9.17) is 9.57 Å². The molecule has 1 rings (SSSR count). The number of hydrogen-bond donors (Lipinski definition) is 1. The first-order valence-electron chi connectivity index (χ1n) is 6.51. The van der Waals surface area contributed by atoms with Crippen molar-refractivity contribution in [2.75, 3.05) is 34.4 Å². The lowest BCUT2D eigenvalue weighted by atomic mass is 10.1. The van der Waals surface area contributed by atoms with Crippen LogP contribution in [0.3, 0.4) is 0 Å². The molecule has 1 unspecified atom stereocenters. The molecule has 0 saturated carbocycles. The first-order valence-corrected chi connectivity index (χ1v) is 6.51. The number of ether oxygens (including phenoxy) is 1. The van der Waals surface area contributed by atoms with Crippen LogP contribution in [-0.4, -0.2) is 39.1 Å². The molecule has 0 radical (unpaired) electrons. The maximum absolute atomic E-state index is 12.9. The lowest BCUT2D eigenvalue weighted by Gasteiger charge is -2.43. The number of aryl methyl sites for hydroxylation is 1. The standard InChI is InChI=1S/C13H20F3N3O3/c1-10-5-6-12(11(9-10)13(14,15)16)21-7-8-22-18(20)19(3,4)17-2/h5-6,9,18H,7-8H2,1-4H3. The van der Waals surface area contributed by atoms with Crippen molar-refractivity contribution in [3.05, 3.63) is 40.0 Å². The summed E-state index contributed by atoms with van der Waals surface area (Å²) in [4.78, 5) is 4.90. The van der Waals surface area contributed by atoms with E-state index in [9.17, 15) is 18.4 Å². The van der Waals surface area contributed by atoms with Crippen LogP contribution in [0.15, 0.2) is 18.2 Å². The monoisotopic (exact) mass is 323 g/mol. The van der Waals surface area contributed by atoms with Crippen molar-refractivity contribution < 1.29 is 32.8 Å². The van der Waals surface area contributed by atoms with Gasteiger partial charge in [-0.1, -0.05) is 17.0 Å². The molecular weight excluding hydrogens is 303 g/mol. The summed E-state index contributed by atoms with van der Waals surface area (Å²) in [5.74, 6) is -0.289. The number of alkyl halides is 3. The lowest BCUT2D eigenvalue weighted by Crippen LogP contribution is -3.17. The zero-order valence-electron chi connectivity index (χ0n) is 12.9. The summed E-state index contributed by atoms with van der Waals surface area (Å²) in [5, 5.41) is 11.0. The Bertz CT molecular complexity index is 495. The zero-order chi connectivity index (χ0) is 17.0. The average Bonchev–Trinajstić information content (AvgIpc) is 2.43. The van der Waals surface area contributed by atoms with E-state index in [-0.39, 0.29) is 23.7 Å². The van der Waals surface area contributed by atoms with Crippen LogP contribution in [0.4, 0.5) is 13.2 Å². The van der Waals surface area contributed by atoms with Gasteiger partial charge in [-0.05, 0) is 19.1 Å². The van der Waals surface area contributed by atoms with Crippen LogP contribution in [0.2, 0.25) is 0 Å². The van der Waals surface area contributed by atoms with E-state index in [1.807, 2.05) is 0 Å². The topological polar surface area (TPSA) is 60.1 Å². The van der Waals surface area contributed by atoms with Gasteiger partial charge in [0, 0.05) is 0 Å². The molecule has 0 bridgehead atoms. The van der Waals surface area contributed by atoms with E-state index in [1.165, 1.54) is 33.3 Å². The van der Waals surface area contributed by atoms with Crippen LogP contribution in [0, 0.1) is 12.1 Å². The molecule has 0 aliphatic rings. The molecule has 1 atom stereocenters. The smallest absolute Gasteiger partial charge is 0.419 e. The van der Waals surface area contributed by atoms with Gasteiger partial charge in [0.1, 0.15) is 33.1 Å². The molecule has 1 aromatic rings. The lowest BCUT2D eigenvalue weighted by molar-refractivity contribution is -1.53. The van der Waals surface area contributed by atoms with E-state index >= 15 is 0 Å². The normalized spacial score (nSPS) is 14.0. The molecule has 0 aliphatic carbocycles. The minimum Gasteiger partial charge on any atom is -0.550 e. The van der Waals surface area contributed by atoms with Gasteiger partial charge in [0.15, 0.2) is 0 Å². The van der Waals surface area contributed by atoms with Gasteiger partial charge in [-0.15, -0.1) is 11.9 Å². The van der Waals surface area contributed by atoms with Gasteiger partial charge in [0.25, 0.3) is 0 Å². The molecule has 0 amide bonds. The first-order chi connectivity index (χ1) is 10.1. The second-order valence-electron chi connectivity index (χ2n) is 5.05. The molecule has 0 aliphatic heterocycles. The Morgan fingerprint density at radius 3 is 2.45 bits per heavy atom. The quantitative estimate of drug-likeness (QED) is 0.471. The molecule has 9 heteroatoms. The highest BCUT2D eigenvalue weighted by Gasteiger charge is 2.34. The summed E-state index contributed by atoms with van der Waals surface area (Å²) < 4.78 is 43.4. The van der Waals surface area contributed by atoms with Gasteiger partial charge >= 0.3 is 6.18 Å². The second-order valence-corrected chi connectivity index (χ2v) is 5.05. The number of benzene rings is 1. The van der Waals surface area contributed by atoms with Crippen molar-refractivity contribution in [1.82, 2.24) is 0 Å². The molecule has 6 nitrogen and oxygen atoms in total. The number of nitrogens with one attached hydrogen (secondary N) is 1.